The second-order valence-corrected chi connectivity index (χ2v) is 8.16. The van der Waals surface area contributed by atoms with Crippen LogP contribution in [0.15, 0.2) is 30.5 Å². The molecule has 0 bridgehead atoms. The molecular formula is C21H27N3O4. The molecule has 0 saturated carbocycles. The highest BCUT2D eigenvalue weighted by Crippen LogP contribution is 2.26. The molecular weight excluding hydrogens is 358 g/mol. The molecule has 0 radical (unpaired) electrons. The number of aromatic nitrogens is 2. The predicted molar refractivity (Wildman–Crippen MR) is 105 cm³/mol. The minimum Gasteiger partial charge on any atom is -0.488 e. The Hall–Kier alpha value is -2.83. The van der Waals surface area contributed by atoms with Gasteiger partial charge in [0.2, 0.25) is 0 Å². The van der Waals surface area contributed by atoms with Crippen LogP contribution in [-0.4, -0.2) is 50.4 Å². The molecule has 2 aromatic rings. The number of rotatable bonds is 4. The van der Waals surface area contributed by atoms with Crippen molar-refractivity contribution in [2.75, 3.05) is 13.1 Å². The number of benzene rings is 1. The highest BCUT2D eigenvalue weighted by atomic mass is 16.5. The Labute approximate surface area is 164 Å². The molecule has 1 aliphatic rings. The normalized spacial score (nSPS) is 15.5. The molecule has 3 rings (SSSR count). The lowest BCUT2D eigenvalue weighted by Gasteiger charge is -2.32. The van der Waals surface area contributed by atoms with Gasteiger partial charge in [0.1, 0.15) is 16.9 Å². The molecule has 0 spiro atoms. The summed E-state index contributed by atoms with van der Waals surface area (Å²) >= 11 is 0. The smallest absolute Gasteiger partial charge is 0.339 e. The van der Waals surface area contributed by atoms with E-state index < -0.39 is 5.97 Å². The first-order valence-electron chi connectivity index (χ1n) is 9.51. The molecule has 0 unspecified atom stereocenters. The first-order valence-corrected chi connectivity index (χ1v) is 9.51. The maximum atomic E-state index is 12.8. The van der Waals surface area contributed by atoms with Crippen LogP contribution in [0.2, 0.25) is 0 Å². The number of hydrogen-bond donors (Lipinski definition) is 1. The van der Waals surface area contributed by atoms with Crippen molar-refractivity contribution in [1.29, 1.82) is 0 Å². The molecule has 1 aromatic carbocycles. The van der Waals surface area contributed by atoms with Crippen LogP contribution in [0.4, 0.5) is 0 Å². The summed E-state index contributed by atoms with van der Waals surface area (Å²) in [6, 6.07) is 7.36. The van der Waals surface area contributed by atoms with E-state index in [0.717, 1.165) is 18.6 Å². The van der Waals surface area contributed by atoms with E-state index >= 15 is 0 Å². The fraction of sp³-hybridized carbons (Fsp3) is 0.476. The summed E-state index contributed by atoms with van der Waals surface area (Å²) in [6.07, 6.45) is 2.90. The monoisotopic (exact) mass is 385 g/mol. The molecule has 1 N–H and O–H groups in total. The maximum absolute atomic E-state index is 12.8. The van der Waals surface area contributed by atoms with Crippen molar-refractivity contribution in [2.45, 2.75) is 52.2 Å². The fourth-order valence-corrected chi connectivity index (χ4v) is 3.52. The number of nitrogens with zero attached hydrogens (tertiary/aromatic N) is 3. The maximum Gasteiger partial charge on any atom is 0.339 e. The van der Waals surface area contributed by atoms with Gasteiger partial charge in [-0.15, -0.1) is 0 Å². The molecule has 2 heterocycles. The fourth-order valence-electron chi connectivity index (χ4n) is 3.52. The van der Waals surface area contributed by atoms with Crippen LogP contribution in [0, 0.1) is 6.92 Å². The lowest BCUT2D eigenvalue weighted by Crippen LogP contribution is -2.39. The number of carboxylic acids is 1. The highest BCUT2D eigenvalue weighted by molar-refractivity contribution is 5.94. The Morgan fingerprint density at radius 1 is 1.14 bits per heavy atom. The molecule has 1 fully saturated rings. The summed E-state index contributed by atoms with van der Waals surface area (Å²) in [5, 5.41) is 13.4. The molecule has 1 aromatic heterocycles. The molecule has 0 atom stereocenters. The summed E-state index contributed by atoms with van der Waals surface area (Å²) in [7, 11) is 0. The standard InChI is InChI=1S/C21H27N3O4/c1-14-18(20(26)27)13-22-24(14)16-9-11-23(12-10-16)19(25)15-5-7-17(8-6-15)28-21(2,3)4/h5-8,13,16H,9-12H2,1-4H3,(H,26,27). The lowest BCUT2D eigenvalue weighted by atomic mass is 10.0. The van der Waals surface area contributed by atoms with Crippen LogP contribution in [0.5, 0.6) is 5.75 Å². The van der Waals surface area contributed by atoms with Gasteiger partial charge in [0.25, 0.3) is 5.91 Å². The van der Waals surface area contributed by atoms with E-state index in [0.29, 0.717) is 24.3 Å². The molecule has 1 amide bonds. The first kappa shape index (κ1) is 19.9. The zero-order valence-electron chi connectivity index (χ0n) is 16.8. The topological polar surface area (TPSA) is 84.7 Å². The Morgan fingerprint density at radius 2 is 1.75 bits per heavy atom. The van der Waals surface area contributed by atoms with Crippen molar-refractivity contribution in [1.82, 2.24) is 14.7 Å². The summed E-state index contributed by atoms with van der Waals surface area (Å²) in [5.74, 6) is -0.217. The number of carbonyl (C=O) groups excluding carboxylic acids is 1. The largest absolute Gasteiger partial charge is 0.488 e. The van der Waals surface area contributed by atoms with Crippen molar-refractivity contribution in [3.8, 4) is 5.75 Å². The van der Waals surface area contributed by atoms with Crippen LogP contribution < -0.4 is 4.74 Å². The van der Waals surface area contributed by atoms with E-state index in [-0.39, 0.29) is 23.1 Å². The number of piperidine rings is 1. The Bertz CT molecular complexity index is 857. The number of carbonyl (C=O) groups is 2. The van der Waals surface area contributed by atoms with Crippen LogP contribution in [0.3, 0.4) is 0 Å². The third kappa shape index (κ3) is 4.35. The van der Waals surface area contributed by atoms with E-state index in [1.165, 1.54) is 6.20 Å². The van der Waals surface area contributed by atoms with Gasteiger partial charge in [-0.2, -0.15) is 5.10 Å². The van der Waals surface area contributed by atoms with Crippen molar-refractivity contribution in [3.63, 3.8) is 0 Å². The van der Waals surface area contributed by atoms with Gasteiger partial charge >= 0.3 is 5.97 Å². The molecule has 1 saturated heterocycles. The first-order chi connectivity index (χ1) is 13.2. The van der Waals surface area contributed by atoms with Gasteiger partial charge in [0.15, 0.2) is 0 Å². The number of aromatic carboxylic acids is 1. The Balaban J connectivity index is 1.62. The van der Waals surface area contributed by atoms with Gasteiger partial charge in [0.05, 0.1) is 17.9 Å². The van der Waals surface area contributed by atoms with Crippen LogP contribution >= 0.6 is 0 Å². The van der Waals surface area contributed by atoms with Crippen molar-refractivity contribution in [3.05, 3.63) is 47.3 Å². The zero-order valence-corrected chi connectivity index (χ0v) is 16.8. The number of carboxylic acid groups (broad SMARTS) is 1. The van der Waals surface area contributed by atoms with Gasteiger partial charge in [-0.25, -0.2) is 4.79 Å². The summed E-state index contributed by atoms with van der Waals surface area (Å²) in [5.41, 5.74) is 1.25. The molecule has 7 nitrogen and oxygen atoms in total. The summed E-state index contributed by atoms with van der Waals surface area (Å²) < 4.78 is 7.58. The number of ether oxygens (including phenoxy) is 1. The highest BCUT2D eigenvalue weighted by Gasteiger charge is 2.27. The SMILES string of the molecule is Cc1c(C(=O)O)cnn1C1CCN(C(=O)c2ccc(OC(C)(C)C)cc2)CC1. The summed E-state index contributed by atoms with van der Waals surface area (Å²) in [4.78, 5) is 25.8. The average Bonchev–Trinajstić information content (AvgIpc) is 3.02. The third-order valence-corrected chi connectivity index (χ3v) is 4.90. The number of likely N-dealkylation sites (tertiary alicyclic amines) is 1. The van der Waals surface area contributed by atoms with Crippen LogP contribution in [0.1, 0.15) is 66.1 Å². The van der Waals surface area contributed by atoms with Crippen molar-refractivity contribution >= 4 is 11.9 Å². The second-order valence-electron chi connectivity index (χ2n) is 8.16. The van der Waals surface area contributed by atoms with Gasteiger partial charge in [-0.05, 0) is 64.8 Å². The molecule has 150 valence electrons. The predicted octanol–water partition coefficient (Wildman–Crippen LogP) is 3.54. The lowest BCUT2D eigenvalue weighted by molar-refractivity contribution is 0.0688. The van der Waals surface area contributed by atoms with Gasteiger partial charge in [0, 0.05) is 18.7 Å². The second kappa shape index (κ2) is 7.66. The van der Waals surface area contributed by atoms with Crippen LogP contribution in [0.25, 0.3) is 0 Å². The van der Waals surface area contributed by atoms with Gasteiger partial charge < -0.3 is 14.7 Å². The van der Waals surface area contributed by atoms with Crippen molar-refractivity contribution in [2.24, 2.45) is 0 Å². The van der Waals surface area contributed by atoms with Gasteiger partial charge in [-0.1, -0.05) is 0 Å². The minimum absolute atomic E-state index is 0.00386. The third-order valence-electron chi connectivity index (χ3n) is 4.90. The van der Waals surface area contributed by atoms with E-state index in [9.17, 15) is 14.7 Å². The van der Waals surface area contributed by atoms with Gasteiger partial charge in [-0.3, -0.25) is 9.48 Å². The Kier molecular flexibility index (Phi) is 5.45. The Morgan fingerprint density at radius 3 is 2.25 bits per heavy atom. The van der Waals surface area contributed by atoms with E-state index in [1.54, 1.807) is 23.7 Å². The molecule has 1 aliphatic heterocycles. The van der Waals surface area contributed by atoms with Crippen LogP contribution in [-0.2, 0) is 0 Å². The zero-order chi connectivity index (χ0) is 20.5. The summed E-state index contributed by atoms with van der Waals surface area (Å²) in [6.45, 7) is 8.96. The number of amides is 1. The van der Waals surface area contributed by atoms with Crippen molar-refractivity contribution < 1.29 is 19.4 Å². The molecule has 28 heavy (non-hydrogen) atoms. The molecule has 0 aliphatic carbocycles. The minimum atomic E-state index is -0.963. The number of hydrogen-bond acceptors (Lipinski definition) is 4. The quantitative estimate of drug-likeness (QED) is 0.870. The molecule has 7 heteroatoms. The van der Waals surface area contributed by atoms with E-state index in [4.69, 9.17) is 4.74 Å². The van der Waals surface area contributed by atoms with E-state index in [1.807, 2.05) is 37.8 Å². The van der Waals surface area contributed by atoms with E-state index in [2.05, 4.69) is 5.10 Å². The average molecular weight is 385 g/mol.